The van der Waals surface area contributed by atoms with Crippen LogP contribution in [0, 0.1) is 0 Å². The molecule has 2 aromatic rings. The predicted octanol–water partition coefficient (Wildman–Crippen LogP) is 2.58. The summed E-state index contributed by atoms with van der Waals surface area (Å²) in [4.78, 5) is 19.7. The van der Waals surface area contributed by atoms with E-state index in [1.165, 1.54) is 29.7 Å². The van der Waals surface area contributed by atoms with Crippen LogP contribution in [0.1, 0.15) is 20.8 Å². The molecular weight excluding hydrogens is 353 g/mol. The molecule has 1 amide bonds. The van der Waals surface area contributed by atoms with Gasteiger partial charge in [-0.25, -0.2) is 4.98 Å². The van der Waals surface area contributed by atoms with Crippen molar-refractivity contribution in [2.75, 3.05) is 31.1 Å². The van der Waals surface area contributed by atoms with Gasteiger partial charge in [-0.2, -0.15) is 13.2 Å². The van der Waals surface area contributed by atoms with Crippen molar-refractivity contribution in [3.63, 3.8) is 0 Å². The number of amides is 1. The van der Waals surface area contributed by atoms with E-state index in [0.29, 0.717) is 36.2 Å². The van der Waals surface area contributed by atoms with Crippen LogP contribution in [0.2, 0.25) is 0 Å². The number of nitrogens with zero attached hydrogens (tertiary/aromatic N) is 3. The fourth-order valence-corrected chi connectivity index (χ4v) is 3.62. The average molecular weight is 370 g/mol. The third-order valence-corrected chi connectivity index (χ3v) is 5.17. The van der Waals surface area contributed by atoms with Crippen LogP contribution in [0.5, 0.6) is 0 Å². The lowest BCUT2D eigenvalue weighted by atomic mass is 10.1. The summed E-state index contributed by atoms with van der Waals surface area (Å²) in [5.41, 5.74) is 4.93. The van der Waals surface area contributed by atoms with Gasteiger partial charge in [-0.15, -0.1) is 0 Å². The van der Waals surface area contributed by atoms with Gasteiger partial charge in [-0.3, -0.25) is 9.69 Å². The van der Waals surface area contributed by atoms with E-state index in [9.17, 15) is 18.0 Å². The van der Waals surface area contributed by atoms with Crippen LogP contribution in [-0.4, -0.2) is 42.0 Å². The first-order chi connectivity index (χ1) is 11.8. The van der Waals surface area contributed by atoms with E-state index >= 15 is 0 Å². The molecule has 2 heterocycles. The van der Waals surface area contributed by atoms with Crippen LogP contribution in [0.4, 0.5) is 18.3 Å². The fourth-order valence-electron chi connectivity index (χ4n) is 2.80. The second-order valence-electron chi connectivity index (χ2n) is 5.79. The Bertz CT molecular complexity index is 754. The number of carbonyl (C=O) groups excluding carboxylic acids is 1. The highest BCUT2D eigenvalue weighted by molar-refractivity contribution is 7.17. The number of piperazine rings is 1. The van der Waals surface area contributed by atoms with Gasteiger partial charge in [0.2, 0.25) is 0 Å². The maximum absolute atomic E-state index is 13.1. The largest absolute Gasteiger partial charge is 0.416 e. The normalized spacial score (nSPS) is 16.2. The van der Waals surface area contributed by atoms with E-state index in [-0.39, 0.29) is 12.1 Å². The number of aromatic nitrogens is 1. The Hall–Kier alpha value is -2.13. The van der Waals surface area contributed by atoms with Crippen molar-refractivity contribution in [2.45, 2.75) is 12.7 Å². The van der Waals surface area contributed by atoms with Gasteiger partial charge in [0, 0.05) is 32.7 Å². The third-order valence-electron chi connectivity index (χ3n) is 4.10. The molecule has 3 rings (SSSR count). The standard InChI is InChI=1S/C16H17F3N4OS/c17-16(18,19)12-4-2-1-3-11(12)10-22-5-7-23(8-6-22)15-21-9-13(25-15)14(20)24/h1-4,9H,5-8,10H2,(H2,20,24). The van der Waals surface area contributed by atoms with Crippen molar-refractivity contribution in [3.05, 3.63) is 46.5 Å². The second-order valence-corrected chi connectivity index (χ2v) is 6.80. The zero-order valence-electron chi connectivity index (χ0n) is 13.3. The lowest BCUT2D eigenvalue weighted by Crippen LogP contribution is -2.46. The van der Waals surface area contributed by atoms with E-state index in [4.69, 9.17) is 5.73 Å². The van der Waals surface area contributed by atoms with E-state index in [0.717, 1.165) is 6.07 Å². The monoisotopic (exact) mass is 370 g/mol. The minimum atomic E-state index is -4.34. The zero-order chi connectivity index (χ0) is 18.0. The molecule has 0 bridgehead atoms. The lowest BCUT2D eigenvalue weighted by Gasteiger charge is -2.34. The molecule has 1 aliphatic rings. The predicted molar refractivity (Wildman–Crippen MR) is 89.6 cm³/mol. The van der Waals surface area contributed by atoms with Gasteiger partial charge in [-0.05, 0) is 11.6 Å². The van der Waals surface area contributed by atoms with Crippen molar-refractivity contribution in [1.29, 1.82) is 0 Å². The molecule has 1 aromatic carbocycles. The van der Waals surface area contributed by atoms with Gasteiger partial charge < -0.3 is 10.6 Å². The number of nitrogens with two attached hydrogens (primary N) is 1. The smallest absolute Gasteiger partial charge is 0.365 e. The van der Waals surface area contributed by atoms with Gasteiger partial charge in [0.1, 0.15) is 4.88 Å². The van der Waals surface area contributed by atoms with E-state index in [2.05, 4.69) is 4.98 Å². The molecule has 9 heteroatoms. The fraction of sp³-hybridized carbons (Fsp3) is 0.375. The number of hydrogen-bond acceptors (Lipinski definition) is 5. The van der Waals surface area contributed by atoms with Crippen LogP contribution in [-0.2, 0) is 12.7 Å². The van der Waals surface area contributed by atoms with E-state index in [1.54, 1.807) is 6.07 Å². The summed E-state index contributed by atoms with van der Waals surface area (Å²) in [7, 11) is 0. The highest BCUT2D eigenvalue weighted by Crippen LogP contribution is 2.32. The Labute approximate surface area is 146 Å². The molecule has 0 saturated carbocycles. The third kappa shape index (κ3) is 4.10. The number of halogens is 3. The van der Waals surface area contributed by atoms with E-state index < -0.39 is 17.6 Å². The summed E-state index contributed by atoms with van der Waals surface area (Å²) in [6, 6.07) is 5.67. The summed E-state index contributed by atoms with van der Waals surface area (Å²) in [6.45, 7) is 2.78. The quantitative estimate of drug-likeness (QED) is 0.899. The summed E-state index contributed by atoms with van der Waals surface area (Å²) >= 11 is 1.23. The Kier molecular flexibility index (Phi) is 4.96. The molecule has 134 valence electrons. The second kappa shape index (κ2) is 7.01. The van der Waals surface area contributed by atoms with Crippen molar-refractivity contribution in [2.24, 2.45) is 5.73 Å². The molecule has 1 saturated heterocycles. The van der Waals surface area contributed by atoms with Crippen LogP contribution < -0.4 is 10.6 Å². The molecule has 0 aliphatic carbocycles. The Morgan fingerprint density at radius 2 is 1.88 bits per heavy atom. The van der Waals surface area contributed by atoms with Gasteiger partial charge in [-0.1, -0.05) is 29.5 Å². The number of primary amides is 1. The Morgan fingerprint density at radius 1 is 1.20 bits per heavy atom. The topological polar surface area (TPSA) is 62.5 Å². The minimum absolute atomic E-state index is 0.258. The maximum Gasteiger partial charge on any atom is 0.416 e. The van der Waals surface area contributed by atoms with Crippen molar-refractivity contribution < 1.29 is 18.0 Å². The first-order valence-electron chi connectivity index (χ1n) is 7.72. The number of rotatable bonds is 4. The minimum Gasteiger partial charge on any atom is -0.365 e. The highest BCUT2D eigenvalue weighted by Gasteiger charge is 2.33. The van der Waals surface area contributed by atoms with Crippen LogP contribution in [0.15, 0.2) is 30.5 Å². The number of carbonyl (C=O) groups is 1. The van der Waals surface area contributed by atoms with Crippen LogP contribution in [0.3, 0.4) is 0 Å². The van der Waals surface area contributed by atoms with Gasteiger partial charge in [0.05, 0.1) is 11.8 Å². The molecule has 1 aromatic heterocycles. The molecule has 0 unspecified atom stereocenters. The molecule has 0 atom stereocenters. The maximum atomic E-state index is 13.1. The summed E-state index contributed by atoms with van der Waals surface area (Å²) in [5.74, 6) is -0.508. The van der Waals surface area contributed by atoms with Gasteiger partial charge >= 0.3 is 6.18 Å². The first-order valence-corrected chi connectivity index (χ1v) is 8.54. The molecule has 0 radical (unpaired) electrons. The van der Waals surface area contributed by atoms with E-state index in [1.807, 2.05) is 9.80 Å². The summed E-state index contributed by atoms with van der Waals surface area (Å²) < 4.78 is 39.2. The van der Waals surface area contributed by atoms with Gasteiger partial charge in [0.15, 0.2) is 5.13 Å². The molecule has 1 aliphatic heterocycles. The SMILES string of the molecule is NC(=O)c1cnc(N2CCN(Cc3ccccc3C(F)(F)F)CC2)s1. The van der Waals surface area contributed by atoms with Crippen molar-refractivity contribution >= 4 is 22.4 Å². The number of alkyl halides is 3. The molecule has 0 spiro atoms. The summed E-state index contributed by atoms with van der Waals surface area (Å²) in [6.07, 6.45) is -2.89. The number of hydrogen-bond donors (Lipinski definition) is 1. The average Bonchev–Trinajstić information content (AvgIpc) is 3.05. The number of anilines is 1. The molecule has 25 heavy (non-hydrogen) atoms. The number of benzene rings is 1. The number of thiazole rings is 1. The van der Waals surface area contributed by atoms with Crippen LogP contribution in [0.25, 0.3) is 0 Å². The Balaban J connectivity index is 1.62. The van der Waals surface area contributed by atoms with Crippen LogP contribution >= 0.6 is 11.3 Å². The molecular formula is C16H17F3N4OS. The zero-order valence-corrected chi connectivity index (χ0v) is 14.1. The molecule has 1 fully saturated rings. The Morgan fingerprint density at radius 3 is 2.48 bits per heavy atom. The van der Waals surface area contributed by atoms with Gasteiger partial charge in [0.25, 0.3) is 5.91 Å². The highest BCUT2D eigenvalue weighted by atomic mass is 32.1. The van der Waals surface area contributed by atoms with Crippen molar-refractivity contribution in [1.82, 2.24) is 9.88 Å². The molecule has 2 N–H and O–H groups in total. The first kappa shape index (κ1) is 17.7. The molecule has 5 nitrogen and oxygen atoms in total. The van der Waals surface area contributed by atoms with Crippen molar-refractivity contribution in [3.8, 4) is 0 Å². The summed E-state index contributed by atoms with van der Waals surface area (Å²) in [5, 5.41) is 0.712. The lowest BCUT2D eigenvalue weighted by molar-refractivity contribution is -0.138.